The van der Waals surface area contributed by atoms with Gasteiger partial charge in [-0.3, -0.25) is 0 Å². The Kier molecular flexibility index (Phi) is 6.37. The Labute approximate surface area is 108 Å². The highest BCUT2D eigenvalue weighted by Crippen LogP contribution is 2.24. The largest absolute Gasteiger partial charge is 0.370 e. The van der Waals surface area contributed by atoms with Gasteiger partial charge in [0.1, 0.15) is 6.10 Å². The summed E-state index contributed by atoms with van der Waals surface area (Å²) in [5.41, 5.74) is 0. The van der Waals surface area contributed by atoms with Crippen LogP contribution < -0.4 is 0 Å². The molecule has 0 amide bonds. The predicted molar refractivity (Wildman–Crippen MR) is 66.8 cm³/mol. The lowest BCUT2D eigenvalue weighted by molar-refractivity contribution is 0.0477. The average molecular weight is 251 g/mol. The summed E-state index contributed by atoms with van der Waals surface area (Å²) in [6.07, 6.45) is 3.06. The van der Waals surface area contributed by atoms with E-state index in [0.29, 0.717) is 24.7 Å². The molecule has 1 aromatic rings. The molecule has 5 heteroatoms. The predicted octanol–water partition coefficient (Wildman–Crippen LogP) is 3.35. The van der Waals surface area contributed by atoms with Crippen LogP contribution in [0.4, 0.5) is 0 Å². The van der Waals surface area contributed by atoms with Crippen molar-refractivity contribution in [3.8, 4) is 6.07 Å². The van der Waals surface area contributed by atoms with Gasteiger partial charge in [0.15, 0.2) is 0 Å². The summed E-state index contributed by atoms with van der Waals surface area (Å²) >= 11 is 0. The first-order chi connectivity index (χ1) is 8.72. The highest BCUT2D eigenvalue weighted by atomic mass is 16.5. The van der Waals surface area contributed by atoms with Crippen LogP contribution >= 0.6 is 0 Å². The Morgan fingerprint density at radius 1 is 1.39 bits per heavy atom. The quantitative estimate of drug-likeness (QED) is 0.708. The number of aromatic nitrogens is 2. The first kappa shape index (κ1) is 14.7. The maximum absolute atomic E-state index is 8.56. The molecule has 0 N–H and O–H groups in total. The Morgan fingerprint density at radius 2 is 2.17 bits per heavy atom. The second-order valence-corrected chi connectivity index (χ2v) is 4.32. The molecule has 0 saturated carbocycles. The fourth-order valence-corrected chi connectivity index (χ4v) is 1.73. The van der Waals surface area contributed by atoms with Crippen molar-refractivity contribution in [3.63, 3.8) is 0 Å². The van der Waals surface area contributed by atoms with E-state index in [-0.39, 0.29) is 12.0 Å². The monoisotopic (exact) mass is 251 g/mol. The van der Waals surface area contributed by atoms with E-state index in [4.69, 9.17) is 14.5 Å². The molecule has 0 spiro atoms. The normalized spacial score (nSPS) is 14.1. The Bertz CT molecular complexity index is 378. The van der Waals surface area contributed by atoms with Gasteiger partial charge < -0.3 is 9.26 Å². The maximum Gasteiger partial charge on any atom is 0.229 e. The molecule has 1 rings (SSSR count). The fraction of sp³-hybridized carbons (Fsp3) is 0.769. The van der Waals surface area contributed by atoms with Crippen LogP contribution in [-0.2, 0) is 4.74 Å². The molecule has 0 aromatic carbocycles. The van der Waals surface area contributed by atoms with E-state index in [2.05, 4.69) is 23.1 Å². The van der Waals surface area contributed by atoms with Gasteiger partial charge in [-0.15, -0.1) is 0 Å². The fourth-order valence-electron chi connectivity index (χ4n) is 1.73. The van der Waals surface area contributed by atoms with Crippen molar-refractivity contribution < 1.29 is 9.26 Å². The van der Waals surface area contributed by atoms with Gasteiger partial charge in [0.25, 0.3) is 0 Å². The summed E-state index contributed by atoms with van der Waals surface area (Å²) < 4.78 is 10.9. The van der Waals surface area contributed by atoms with Crippen molar-refractivity contribution in [1.29, 1.82) is 5.26 Å². The van der Waals surface area contributed by atoms with Crippen LogP contribution in [0.25, 0.3) is 0 Å². The molecular formula is C13H21N3O2. The smallest absolute Gasteiger partial charge is 0.229 e. The zero-order chi connectivity index (χ0) is 13.4. The third-order valence-corrected chi connectivity index (χ3v) is 2.77. The summed E-state index contributed by atoms with van der Waals surface area (Å²) in [5.74, 6) is 1.34. The lowest BCUT2D eigenvalue weighted by atomic mass is 10.1. The molecule has 2 unspecified atom stereocenters. The van der Waals surface area contributed by atoms with E-state index in [0.717, 1.165) is 19.3 Å². The average Bonchev–Trinajstić information content (AvgIpc) is 2.85. The molecule has 18 heavy (non-hydrogen) atoms. The second kappa shape index (κ2) is 7.83. The van der Waals surface area contributed by atoms with Gasteiger partial charge in [-0.2, -0.15) is 10.2 Å². The third kappa shape index (κ3) is 4.11. The van der Waals surface area contributed by atoms with E-state index in [1.165, 1.54) is 0 Å². The van der Waals surface area contributed by atoms with Crippen molar-refractivity contribution in [2.24, 2.45) is 0 Å². The van der Waals surface area contributed by atoms with E-state index >= 15 is 0 Å². The standard InChI is InChI=1S/C13H21N3O2/c1-4-7-11(17-5-2)12-15-13(18-16-12)10(3)8-6-9-14/h10-11H,4-8H2,1-3H3. The summed E-state index contributed by atoms with van der Waals surface area (Å²) in [7, 11) is 0. The zero-order valence-electron chi connectivity index (χ0n) is 11.3. The Morgan fingerprint density at radius 3 is 2.78 bits per heavy atom. The molecule has 0 aliphatic carbocycles. The molecule has 0 bridgehead atoms. The minimum absolute atomic E-state index is 0.0827. The zero-order valence-corrected chi connectivity index (χ0v) is 11.3. The van der Waals surface area contributed by atoms with E-state index in [9.17, 15) is 0 Å². The van der Waals surface area contributed by atoms with Crippen LogP contribution in [-0.4, -0.2) is 16.7 Å². The lowest BCUT2D eigenvalue weighted by Gasteiger charge is -2.11. The summed E-state index contributed by atoms with van der Waals surface area (Å²) in [5, 5.41) is 12.5. The van der Waals surface area contributed by atoms with Crippen LogP contribution in [0.5, 0.6) is 0 Å². The van der Waals surface area contributed by atoms with Crippen molar-refractivity contribution >= 4 is 0 Å². The third-order valence-electron chi connectivity index (χ3n) is 2.77. The number of hydrogen-bond acceptors (Lipinski definition) is 5. The van der Waals surface area contributed by atoms with Gasteiger partial charge in [0.05, 0.1) is 6.07 Å². The first-order valence-corrected chi connectivity index (χ1v) is 6.54. The molecule has 1 heterocycles. The number of nitrogens with zero attached hydrogens (tertiary/aromatic N) is 3. The van der Waals surface area contributed by atoms with Gasteiger partial charge in [0.2, 0.25) is 11.7 Å². The summed E-state index contributed by atoms with van der Waals surface area (Å²) in [6, 6.07) is 2.12. The highest BCUT2D eigenvalue weighted by molar-refractivity contribution is 4.96. The SMILES string of the molecule is CCCC(OCC)c1noc(C(C)CCC#N)n1. The molecular weight excluding hydrogens is 230 g/mol. The first-order valence-electron chi connectivity index (χ1n) is 6.54. The van der Waals surface area contributed by atoms with Crippen LogP contribution in [0, 0.1) is 11.3 Å². The second-order valence-electron chi connectivity index (χ2n) is 4.32. The van der Waals surface area contributed by atoms with E-state index in [1.54, 1.807) is 0 Å². The topological polar surface area (TPSA) is 71.9 Å². The number of rotatable bonds is 8. The van der Waals surface area contributed by atoms with Crippen LogP contribution in [0.1, 0.15) is 70.2 Å². The molecule has 0 radical (unpaired) electrons. The highest BCUT2D eigenvalue weighted by Gasteiger charge is 2.20. The van der Waals surface area contributed by atoms with Crippen molar-refractivity contribution in [1.82, 2.24) is 10.1 Å². The number of hydrogen-bond donors (Lipinski definition) is 0. The van der Waals surface area contributed by atoms with Gasteiger partial charge >= 0.3 is 0 Å². The molecule has 0 saturated heterocycles. The Hall–Kier alpha value is -1.41. The molecule has 1 aromatic heterocycles. The molecule has 2 atom stereocenters. The Balaban J connectivity index is 2.68. The van der Waals surface area contributed by atoms with Gasteiger partial charge in [-0.1, -0.05) is 25.4 Å². The van der Waals surface area contributed by atoms with E-state index < -0.39 is 0 Å². The van der Waals surface area contributed by atoms with E-state index in [1.807, 2.05) is 13.8 Å². The molecule has 0 fully saturated rings. The molecule has 0 aliphatic rings. The molecule has 5 nitrogen and oxygen atoms in total. The van der Waals surface area contributed by atoms with Gasteiger partial charge in [-0.25, -0.2) is 0 Å². The van der Waals surface area contributed by atoms with Crippen molar-refractivity contribution in [2.45, 2.75) is 58.5 Å². The minimum Gasteiger partial charge on any atom is -0.370 e. The minimum atomic E-state index is -0.0827. The van der Waals surface area contributed by atoms with Crippen LogP contribution in [0.3, 0.4) is 0 Å². The number of nitriles is 1. The maximum atomic E-state index is 8.56. The summed E-state index contributed by atoms with van der Waals surface area (Å²) in [6.45, 7) is 6.68. The number of ether oxygens (including phenoxy) is 1. The van der Waals surface area contributed by atoms with Gasteiger partial charge in [0, 0.05) is 18.9 Å². The van der Waals surface area contributed by atoms with Gasteiger partial charge in [-0.05, 0) is 19.8 Å². The van der Waals surface area contributed by atoms with Crippen LogP contribution in [0.2, 0.25) is 0 Å². The molecule has 0 aliphatic heterocycles. The lowest BCUT2D eigenvalue weighted by Crippen LogP contribution is -2.06. The van der Waals surface area contributed by atoms with Crippen molar-refractivity contribution in [3.05, 3.63) is 11.7 Å². The molecule has 100 valence electrons. The van der Waals surface area contributed by atoms with Crippen molar-refractivity contribution in [2.75, 3.05) is 6.61 Å². The van der Waals surface area contributed by atoms with Crippen LogP contribution in [0.15, 0.2) is 4.52 Å². The summed E-state index contributed by atoms with van der Waals surface area (Å²) in [4.78, 5) is 4.39.